The summed E-state index contributed by atoms with van der Waals surface area (Å²) in [5.41, 5.74) is 1.55. The number of morpholine rings is 1. The molecule has 0 aliphatic carbocycles. The second-order valence-electron chi connectivity index (χ2n) is 6.63. The maximum absolute atomic E-state index is 12.7. The van der Waals surface area contributed by atoms with Crippen molar-refractivity contribution in [3.8, 4) is 5.75 Å². The summed E-state index contributed by atoms with van der Waals surface area (Å²) in [6, 6.07) is 11.1. The fraction of sp³-hybridized carbons (Fsp3) is 0.368. The summed E-state index contributed by atoms with van der Waals surface area (Å²) in [7, 11) is -2.69. The van der Waals surface area contributed by atoms with Crippen LogP contribution in [-0.4, -0.2) is 51.7 Å². The summed E-state index contributed by atoms with van der Waals surface area (Å²) >= 11 is 0. The van der Waals surface area contributed by atoms with Gasteiger partial charge in [0, 0.05) is 38.3 Å². The number of nitro groups is 1. The molecule has 29 heavy (non-hydrogen) atoms. The van der Waals surface area contributed by atoms with Gasteiger partial charge in [-0.15, -0.1) is 0 Å². The van der Waals surface area contributed by atoms with E-state index in [4.69, 9.17) is 9.47 Å². The van der Waals surface area contributed by atoms with E-state index in [0.29, 0.717) is 13.2 Å². The molecule has 0 bridgehead atoms. The van der Waals surface area contributed by atoms with Crippen molar-refractivity contribution in [2.45, 2.75) is 18.0 Å². The predicted octanol–water partition coefficient (Wildman–Crippen LogP) is 1.91. The highest BCUT2D eigenvalue weighted by Crippen LogP contribution is 2.28. The van der Waals surface area contributed by atoms with Crippen LogP contribution in [0.2, 0.25) is 0 Å². The fourth-order valence-electron chi connectivity index (χ4n) is 3.10. The Morgan fingerprint density at radius 2 is 1.90 bits per heavy atom. The number of methoxy groups -OCH3 is 1. The van der Waals surface area contributed by atoms with Crippen molar-refractivity contribution in [1.29, 1.82) is 0 Å². The number of sulfonamides is 1. The highest BCUT2D eigenvalue weighted by atomic mass is 32.2. The van der Waals surface area contributed by atoms with Gasteiger partial charge in [-0.25, -0.2) is 13.1 Å². The van der Waals surface area contributed by atoms with E-state index in [-0.39, 0.29) is 22.9 Å². The van der Waals surface area contributed by atoms with Crippen molar-refractivity contribution in [3.63, 3.8) is 0 Å². The van der Waals surface area contributed by atoms with Crippen molar-refractivity contribution in [2.24, 2.45) is 0 Å². The molecule has 10 heteroatoms. The van der Waals surface area contributed by atoms with E-state index in [0.717, 1.165) is 36.8 Å². The van der Waals surface area contributed by atoms with Gasteiger partial charge in [-0.3, -0.25) is 15.0 Å². The van der Waals surface area contributed by atoms with E-state index < -0.39 is 14.9 Å². The standard InChI is InChI=1S/C19H23N3O6S/c1-27-18-6-5-17(22(23)24)12-19(18)29(25,26)20-13-15-3-2-4-16(11-15)14-21-7-9-28-10-8-21/h2-6,11-12,20H,7-10,13-14H2,1H3. The molecule has 2 aromatic rings. The minimum Gasteiger partial charge on any atom is -0.495 e. The quantitative estimate of drug-likeness (QED) is 0.512. The van der Waals surface area contributed by atoms with Crippen LogP contribution in [0.3, 0.4) is 0 Å². The topological polar surface area (TPSA) is 111 Å². The van der Waals surface area contributed by atoms with Gasteiger partial charge in [0.05, 0.1) is 25.2 Å². The first kappa shape index (κ1) is 21.2. The van der Waals surface area contributed by atoms with Crippen LogP contribution in [0.5, 0.6) is 5.75 Å². The minimum absolute atomic E-state index is 0.0455. The van der Waals surface area contributed by atoms with E-state index in [1.54, 1.807) is 0 Å². The normalized spacial score (nSPS) is 15.2. The minimum atomic E-state index is -4.00. The van der Waals surface area contributed by atoms with E-state index in [2.05, 4.69) is 9.62 Å². The first-order valence-electron chi connectivity index (χ1n) is 9.09. The third-order valence-corrected chi connectivity index (χ3v) is 6.04. The highest BCUT2D eigenvalue weighted by molar-refractivity contribution is 7.89. The molecule has 0 saturated carbocycles. The average Bonchev–Trinajstić information content (AvgIpc) is 2.73. The molecular formula is C19H23N3O6S. The Labute approximate surface area is 169 Å². The molecule has 9 nitrogen and oxygen atoms in total. The summed E-state index contributed by atoms with van der Waals surface area (Å²) in [5, 5.41) is 11.0. The zero-order valence-corrected chi connectivity index (χ0v) is 16.9. The number of non-ortho nitro benzene ring substituents is 1. The van der Waals surface area contributed by atoms with Gasteiger partial charge in [0.25, 0.3) is 5.69 Å². The van der Waals surface area contributed by atoms with Crippen LogP contribution in [0.15, 0.2) is 47.4 Å². The van der Waals surface area contributed by atoms with Crippen molar-refractivity contribution < 1.29 is 22.8 Å². The largest absolute Gasteiger partial charge is 0.495 e. The van der Waals surface area contributed by atoms with Gasteiger partial charge in [0.2, 0.25) is 10.0 Å². The number of ether oxygens (including phenoxy) is 2. The molecule has 0 radical (unpaired) electrons. The molecule has 1 aliphatic rings. The predicted molar refractivity (Wildman–Crippen MR) is 106 cm³/mol. The summed E-state index contributed by atoms with van der Waals surface area (Å²) in [5.74, 6) is 0.0455. The lowest BCUT2D eigenvalue weighted by molar-refractivity contribution is -0.385. The Kier molecular flexibility index (Phi) is 6.80. The Balaban J connectivity index is 1.73. The molecule has 0 amide bonds. The molecule has 1 N–H and O–H groups in total. The first-order valence-corrected chi connectivity index (χ1v) is 10.6. The highest BCUT2D eigenvalue weighted by Gasteiger charge is 2.23. The van der Waals surface area contributed by atoms with Gasteiger partial charge < -0.3 is 9.47 Å². The average molecular weight is 421 g/mol. The van der Waals surface area contributed by atoms with Crippen LogP contribution in [-0.2, 0) is 27.8 Å². The number of nitro benzene ring substituents is 1. The zero-order chi connectivity index (χ0) is 20.9. The Hall–Kier alpha value is -2.53. The number of nitrogens with one attached hydrogen (secondary N) is 1. The van der Waals surface area contributed by atoms with E-state index in [1.165, 1.54) is 19.2 Å². The lowest BCUT2D eigenvalue weighted by Crippen LogP contribution is -2.35. The van der Waals surface area contributed by atoms with Gasteiger partial charge >= 0.3 is 0 Å². The maximum atomic E-state index is 12.7. The summed E-state index contributed by atoms with van der Waals surface area (Å²) in [6.07, 6.45) is 0. The third-order valence-electron chi connectivity index (χ3n) is 4.62. The first-order chi connectivity index (χ1) is 13.9. The molecule has 0 aromatic heterocycles. The van der Waals surface area contributed by atoms with E-state index >= 15 is 0 Å². The second-order valence-corrected chi connectivity index (χ2v) is 8.36. The maximum Gasteiger partial charge on any atom is 0.271 e. The van der Waals surface area contributed by atoms with Gasteiger partial charge in [-0.1, -0.05) is 24.3 Å². The molecule has 0 spiro atoms. The molecule has 0 unspecified atom stereocenters. The summed E-state index contributed by atoms with van der Waals surface area (Å²) in [6.45, 7) is 3.98. The van der Waals surface area contributed by atoms with Crippen molar-refractivity contribution in [3.05, 3.63) is 63.7 Å². The lowest BCUT2D eigenvalue weighted by atomic mass is 10.1. The fourth-order valence-corrected chi connectivity index (χ4v) is 4.30. The molecule has 2 aromatic carbocycles. The Bertz CT molecular complexity index is 974. The van der Waals surface area contributed by atoms with E-state index in [9.17, 15) is 18.5 Å². The van der Waals surface area contributed by atoms with E-state index in [1.807, 2.05) is 24.3 Å². The molecule has 1 saturated heterocycles. The third kappa shape index (κ3) is 5.51. The monoisotopic (exact) mass is 421 g/mol. The summed E-state index contributed by atoms with van der Waals surface area (Å²) < 4.78 is 38.4. The number of nitrogens with zero attached hydrogens (tertiary/aromatic N) is 2. The molecule has 1 aliphatic heterocycles. The second kappa shape index (κ2) is 9.31. The molecule has 3 rings (SSSR count). The molecule has 1 heterocycles. The van der Waals surface area contributed by atoms with Gasteiger partial charge in [0.15, 0.2) is 0 Å². The molecular weight excluding hydrogens is 398 g/mol. The Morgan fingerprint density at radius 3 is 2.59 bits per heavy atom. The molecule has 0 atom stereocenters. The van der Waals surface area contributed by atoms with Gasteiger partial charge in [-0.05, 0) is 17.2 Å². The van der Waals surface area contributed by atoms with Crippen LogP contribution in [0.1, 0.15) is 11.1 Å². The van der Waals surface area contributed by atoms with Crippen LogP contribution in [0.25, 0.3) is 0 Å². The van der Waals surface area contributed by atoms with Crippen molar-refractivity contribution in [2.75, 3.05) is 33.4 Å². The number of hydrogen-bond donors (Lipinski definition) is 1. The van der Waals surface area contributed by atoms with Gasteiger partial charge in [0.1, 0.15) is 10.6 Å². The SMILES string of the molecule is COc1ccc([N+](=O)[O-])cc1S(=O)(=O)NCc1cccc(CN2CCOCC2)c1. The van der Waals surface area contributed by atoms with Crippen LogP contribution >= 0.6 is 0 Å². The number of hydrogen-bond acceptors (Lipinski definition) is 7. The smallest absolute Gasteiger partial charge is 0.271 e. The van der Waals surface area contributed by atoms with Crippen LogP contribution < -0.4 is 9.46 Å². The van der Waals surface area contributed by atoms with Crippen LogP contribution in [0, 0.1) is 10.1 Å². The number of benzene rings is 2. The zero-order valence-electron chi connectivity index (χ0n) is 16.0. The van der Waals surface area contributed by atoms with Crippen molar-refractivity contribution >= 4 is 15.7 Å². The Morgan fingerprint density at radius 1 is 1.17 bits per heavy atom. The lowest BCUT2D eigenvalue weighted by Gasteiger charge is -2.26. The molecule has 1 fully saturated rings. The summed E-state index contributed by atoms with van der Waals surface area (Å²) in [4.78, 5) is 12.4. The molecule has 156 valence electrons. The van der Waals surface area contributed by atoms with Crippen molar-refractivity contribution in [1.82, 2.24) is 9.62 Å². The number of rotatable bonds is 8. The van der Waals surface area contributed by atoms with Crippen LogP contribution in [0.4, 0.5) is 5.69 Å². The van der Waals surface area contributed by atoms with Gasteiger partial charge in [-0.2, -0.15) is 0 Å².